The number of thiophene rings is 1. The van der Waals surface area contributed by atoms with Crippen LogP contribution in [0.1, 0.15) is 0 Å². The number of hydrogen-bond acceptors (Lipinski definition) is 2. The second-order valence-corrected chi connectivity index (χ2v) is 5.86. The molecule has 0 aliphatic heterocycles. The molecule has 0 aliphatic carbocycles. The quantitative estimate of drug-likeness (QED) is 0.605. The van der Waals surface area contributed by atoms with Crippen LogP contribution >= 0.6 is 23.1 Å². The van der Waals surface area contributed by atoms with Gasteiger partial charge < -0.3 is 0 Å². The van der Waals surface area contributed by atoms with Crippen LogP contribution in [0, 0.1) is 0 Å². The van der Waals surface area contributed by atoms with Gasteiger partial charge in [0, 0.05) is 4.90 Å². The smallest absolute Gasteiger partial charge is 0.0646 e. The van der Waals surface area contributed by atoms with Gasteiger partial charge in [-0.1, -0.05) is 48.2 Å². The minimum atomic E-state index is 1.30. The van der Waals surface area contributed by atoms with Crippen LogP contribution in [0.15, 0.2) is 69.1 Å². The molecule has 0 bridgehead atoms. The van der Waals surface area contributed by atoms with E-state index in [1.165, 1.54) is 19.9 Å². The number of rotatable bonds is 2. The minimum Gasteiger partial charge on any atom is -0.137 e. The predicted octanol–water partition coefficient (Wildman–Crippen LogP) is 5.05. The van der Waals surface area contributed by atoms with Gasteiger partial charge in [0.1, 0.15) is 0 Å². The van der Waals surface area contributed by atoms with E-state index in [2.05, 4.69) is 60.0 Å². The van der Waals surface area contributed by atoms with Gasteiger partial charge in [-0.05, 0) is 34.4 Å². The van der Waals surface area contributed by atoms with Crippen molar-refractivity contribution in [3.05, 3.63) is 60.0 Å². The number of hydrogen-bond donors (Lipinski definition) is 0. The summed E-state index contributed by atoms with van der Waals surface area (Å²) in [5.74, 6) is 0. The van der Waals surface area contributed by atoms with E-state index in [9.17, 15) is 0 Å². The third-order valence-corrected chi connectivity index (χ3v) is 4.46. The van der Waals surface area contributed by atoms with Crippen molar-refractivity contribution in [3.63, 3.8) is 0 Å². The Balaban J connectivity index is 1.99. The highest BCUT2D eigenvalue weighted by molar-refractivity contribution is 8.01. The lowest BCUT2D eigenvalue weighted by molar-refractivity contribution is 1.50. The topological polar surface area (TPSA) is 0 Å². The van der Waals surface area contributed by atoms with Crippen LogP contribution in [0.3, 0.4) is 0 Å². The standard InChI is InChI=1S/C14H10S2/c1-2-5-12-10-13(8-7-11(12)4-1)16-14-6-3-9-15-14/h1-10H. The van der Waals surface area contributed by atoms with Crippen LogP contribution in [0.5, 0.6) is 0 Å². The summed E-state index contributed by atoms with van der Waals surface area (Å²) < 4.78 is 1.34. The lowest BCUT2D eigenvalue weighted by atomic mass is 10.1. The Morgan fingerprint density at radius 3 is 2.50 bits per heavy atom. The number of fused-ring (bicyclic) bond motifs is 1. The molecule has 0 radical (unpaired) electrons. The van der Waals surface area contributed by atoms with Gasteiger partial charge in [-0.15, -0.1) is 11.3 Å². The van der Waals surface area contributed by atoms with Crippen molar-refractivity contribution in [2.75, 3.05) is 0 Å². The molecular weight excluding hydrogens is 232 g/mol. The molecule has 0 aliphatic rings. The summed E-state index contributed by atoms with van der Waals surface area (Å²) in [7, 11) is 0. The minimum absolute atomic E-state index is 1.30. The van der Waals surface area contributed by atoms with Crippen molar-refractivity contribution in [3.8, 4) is 0 Å². The molecule has 3 aromatic rings. The molecule has 0 spiro atoms. The lowest BCUT2D eigenvalue weighted by Gasteiger charge is -2.01. The Labute approximate surface area is 103 Å². The third kappa shape index (κ3) is 1.99. The summed E-state index contributed by atoms with van der Waals surface area (Å²) in [4.78, 5) is 1.31. The van der Waals surface area contributed by atoms with E-state index < -0.39 is 0 Å². The summed E-state index contributed by atoms with van der Waals surface area (Å²) in [6.45, 7) is 0. The van der Waals surface area contributed by atoms with E-state index >= 15 is 0 Å². The van der Waals surface area contributed by atoms with Crippen LogP contribution in [0.2, 0.25) is 0 Å². The zero-order valence-electron chi connectivity index (χ0n) is 8.59. The van der Waals surface area contributed by atoms with Gasteiger partial charge >= 0.3 is 0 Å². The summed E-state index contributed by atoms with van der Waals surface area (Å²) >= 11 is 3.61. The average molecular weight is 242 g/mol. The summed E-state index contributed by atoms with van der Waals surface area (Å²) in [5.41, 5.74) is 0. The Bertz CT molecular complexity index is 597. The zero-order chi connectivity index (χ0) is 10.8. The van der Waals surface area contributed by atoms with Gasteiger partial charge in [-0.25, -0.2) is 0 Å². The van der Waals surface area contributed by atoms with Crippen molar-refractivity contribution in [1.82, 2.24) is 0 Å². The Morgan fingerprint density at radius 1 is 0.812 bits per heavy atom. The maximum Gasteiger partial charge on any atom is 0.0646 e. The molecule has 2 heteroatoms. The molecule has 78 valence electrons. The lowest BCUT2D eigenvalue weighted by Crippen LogP contribution is -1.73. The van der Waals surface area contributed by atoms with Crippen molar-refractivity contribution in [1.29, 1.82) is 0 Å². The molecule has 0 fully saturated rings. The second kappa shape index (κ2) is 4.32. The van der Waals surface area contributed by atoms with E-state index in [1.807, 2.05) is 11.8 Å². The van der Waals surface area contributed by atoms with E-state index in [4.69, 9.17) is 0 Å². The third-order valence-electron chi connectivity index (χ3n) is 2.43. The first-order valence-corrected chi connectivity index (χ1v) is 6.81. The molecule has 0 atom stereocenters. The summed E-state index contributed by atoms with van der Waals surface area (Å²) in [5, 5.41) is 4.73. The van der Waals surface area contributed by atoms with Crippen molar-refractivity contribution in [2.24, 2.45) is 0 Å². The first-order chi connectivity index (χ1) is 7.92. The van der Waals surface area contributed by atoms with Gasteiger partial charge in [-0.3, -0.25) is 0 Å². The molecule has 1 aromatic heterocycles. The van der Waals surface area contributed by atoms with Gasteiger partial charge in [0.05, 0.1) is 4.21 Å². The average Bonchev–Trinajstić information content (AvgIpc) is 2.82. The van der Waals surface area contributed by atoms with Gasteiger partial charge in [0.25, 0.3) is 0 Å². The molecule has 16 heavy (non-hydrogen) atoms. The fraction of sp³-hybridized carbons (Fsp3) is 0. The molecule has 0 saturated carbocycles. The molecule has 0 N–H and O–H groups in total. The first kappa shape index (κ1) is 9.94. The van der Waals surface area contributed by atoms with Crippen molar-refractivity contribution < 1.29 is 0 Å². The molecule has 0 nitrogen and oxygen atoms in total. The monoisotopic (exact) mass is 242 g/mol. The number of benzene rings is 2. The zero-order valence-corrected chi connectivity index (χ0v) is 10.2. The Morgan fingerprint density at radius 2 is 1.69 bits per heavy atom. The predicted molar refractivity (Wildman–Crippen MR) is 72.4 cm³/mol. The van der Waals surface area contributed by atoms with Crippen LogP contribution in [0.4, 0.5) is 0 Å². The SMILES string of the molecule is c1csc(Sc2ccc3ccccc3c2)c1. The van der Waals surface area contributed by atoms with E-state index in [1.54, 1.807) is 11.3 Å². The molecular formula is C14H10S2. The highest BCUT2D eigenvalue weighted by Gasteiger charge is 1.99. The van der Waals surface area contributed by atoms with Crippen molar-refractivity contribution >= 4 is 33.9 Å². The maximum atomic E-state index is 2.25. The van der Waals surface area contributed by atoms with Gasteiger partial charge in [0.2, 0.25) is 0 Å². The van der Waals surface area contributed by atoms with E-state index in [0.717, 1.165) is 0 Å². The van der Waals surface area contributed by atoms with Crippen molar-refractivity contribution in [2.45, 2.75) is 9.10 Å². The van der Waals surface area contributed by atoms with Crippen LogP contribution in [-0.2, 0) is 0 Å². The van der Waals surface area contributed by atoms with Gasteiger partial charge in [0.15, 0.2) is 0 Å². The Hall–Kier alpha value is -1.25. The second-order valence-electron chi connectivity index (χ2n) is 3.54. The van der Waals surface area contributed by atoms with Crippen LogP contribution in [-0.4, -0.2) is 0 Å². The fourth-order valence-corrected chi connectivity index (χ4v) is 3.47. The van der Waals surface area contributed by atoms with Crippen LogP contribution in [0.25, 0.3) is 10.8 Å². The highest BCUT2D eigenvalue weighted by atomic mass is 32.2. The van der Waals surface area contributed by atoms with Gasteiger partial charge in [-0.2, -0.15) is 0 Å². The van der Waals surface area contributed by atoms with E-state index in [0.29, 0.717) is 0 Å². The van der Waals surface area contributed by atoms with E-state index in [-0.39, 0.29) is 0 Å². The van der Waals surface area contributed by atoms with Crippen LogP contribution < -0.4 is 0 Å². The molecule has 0 saturated heterocycles. The largest absolute Gasteiger partial charge is 0.137 e. The summed E-state index contributed by atoms with van der Waals surface area (Å²) in [6, 6.07) is 19.3. The normalized spacial score (nSPS) is 10.8. The molecule has 0 amide bonds. The Kier molecular flexibility index (Phi) is 2.68. The molecule has 1 heterocycles. The maximum absolute atomic E-state index is 2.25. The highest BCUT2D eigenvalue weighted by Crippen LogP contribution is 2.32. The first-order valence-electron chi connectivity index (χ1n) is 5.12. The fourth-order valence-electron chi connectivity index (χ4n) is 1.67. The molecule has 0 unspecified atom stereocenters. The summed E-state index contributed by atoms with van der Waals surface area (Å²) in [6.07, 6.45) is 0. The molecule has 2 aromatic carbocycles. The molecule has 3 rings (SSSR count).